The Bertz CT molecular complexity index is 804. The molecule has 0 aliphatic heterocycles. The molecule has 0 amide bonds. The summed E-state index contributed by atoms with van der Waals surface area (Å²) in [7, 11) is 0. The van der Waals surface area contributed by atoms with Gasteiger partial charge in [-0.3, -0.25) is 0 Å². The fourth-order valence-electron chi connectivity index (χ4n) is 2.02. The average molecular weight is 339 g/mol. The number of halogens is 1. The number of hydrogen-bond acceptors (Lipinski definition) is 4. The van der Waals surface area contributed by atoms with Crippen LogP contribution in [0.2, 0.25) is 0 Å². The van der Waals surface area contributed by atoms with Gasteiger partial charge in [-0.1, -0.05) is 30.3 Å². The number of esters is 1. The van der Waals surface area contributed by atoms with Crippen LogP contribution in [0.4, 0.5) is 4.39 Å². The van der Waals surface area contributed by atoms with Gasteiger partial charge in [0.05, 0.1) is 6.10 Å². The van der Waals surface area contributed by atoms with E-state index in [2.05, 4.69) is 0 Å². The second-order valence-electron chi connectivity index (χ2n) is 5.57. The summed E-state index contributed by atoms with van der Waals surface area (Å²) in [5.41, 5.74) is 1.05. The minimum Gasteiger partial charge on any atom is -0.489 e. The smallest absolute Gasteiger partial charge is 0.349 e. The molecule has 0 atom stereocenters. The maximum Gasteiger partial charge on any atom is 0.349 e. The number of nitriles is 1. The van der Waals surface area contributed by atoms with E-state index in [1.165, 1.54) is 12.1 Å². The van der Waals surface area contributed by atoms with E-state index in [1.54, 1.807) is 56.3 Å². The van der Waals surface area contributed by atoms with Crippen LogP contribution in [0.25, 0.3) is 6.08 Å². The summed E-state index contributed by atoms with van der Waals surface area (Å²) >= 11 is 0. The maximum absolute atomic E-state index is 13.5. The van der Waals surface area contributed by atoms with Gasteiger partial charge in [-0.2, -0.15) is 5.26 Å². The van der Waals surface area contributed by atoms with E-state index in [9.17, 15) is 9.18 Å². The van der Waals surface area contributed by atoms with Gasteiger partial charge in [-0.15, -0.1) is 0 Å². The first-order valence-electron chi connectivity index (χ1n) is 7.78. The number of rotatable bonds is 6. The molecular weight excluding hydrogens is 321 g/mol. The molecule has 0 spiro atoms. The topological polar surface area (TPSA) is 59.3 Å². The molecule has 2 rings (SSSR count). The van der Waals surface area contributed by atoms with E-state index in [-0.39, 0.29) is 24.1 Å². The summed E-state index contributed by atoms with van der Waals surface area (Å²) in [6.07, 6.45) is 1.16. The predicted molar refractivity (Wildman–Crippen MR) is 92.0 cm³/mol. The molecule has 0 saturated heterocycles. The van der Waals surface area contributed by atoms with Crippen molar-refractivity contribution in [3.8, 4) is 11.8 Å². The lowest BCUT2D eigenvalue weighted by molar-refractivity contribution is -0.142. The van der Waals surface area contributed by atoms with Gasteiger partial charge >= 0.3 is 5.97 Å². The van der Waals surface area contributed by atoms with E-state index >= 15 is 0 Å². The molecule has 0 saturated carbocycles. The van der Waals surface area contributed by atoms with Crippen molar-refractivity contribution in [2.75, 3.05) is 0 Å². The molecule has 2 aromatic rings. The molecule has 0 aromatic heterocycles. The summed E-state index contributed by atoms with van der Waals surface area (Å²) in [4.78, 5) is 11.8. The monoisotopic (exact) mass is 339 g/mol. The lowest BCUT2D eigenvalue weighted by Gasteiger charge is -2.08. The Labute approximate surface area is 146 Å². The van der Waals surface area contributed by atoms with Crippen LogP contribution in [-0.4, -0.2) is 12.1 Å². The number of ether oxygens (including phenoxy) is 2. The van der Waals surface area contributed by atoms with Crippen LogP contribution in [0.3, 0.4) is 0 Å². The Morgan fingerprint density at radius 3 is 2.48 bits per heavy atom. The highest BCUT2D eigenvalue weighted by molar-refractivity contribution is 5.97. The molecule has 0 aliphatic carbocycles. The molecule has 0 N–H and O–H groups in total. The van der Waals surface area contributed by atoms with Gasteiger partial charge in [0.2, 0.25) is 0 Å². The van der Waals surface area contributed by atoms with Crippen molar-refractivity contribution in [1.82, 2.24) is 0 Å². The first-order valence-corrected chi connectivity index (χ1v) is 7.78. The molecule has 0 heterocycles. The third-order valence-corrected chi connectivity index (χ3v) is 3.23. The molecule has 0 aliphatic rings. The van der Waals surface area contributed by atoms with E-state index in [4.69, 9.17) is 14.7 Å². The molecule has 2 aromatic carbocycles. The minimum atomic E-state index is -0.655. The molecule has 0 unspecified atom stereocenters. The summed E-state index contributed by atoms with van der Waals surface area (Å²) < 4.78 is 24.1. The lowest BCUT2D eigenvalue weighted by atomic mass is 10.1. The predicted octanol–water partition coefficient (Wildman–Crippen LogP) is 4.26. The fraction of sp³-hybridized carbons (Fsp3) is 0.200. The van der Waals surface area contributed by atoms with Gasteiger partial charge in [0, 0.05) is 5.56 Å². The number of benzene rings is 2. The highest BCUT2D eigenvalue weighted by atomic mass is 19.1. The van der Waals surface area contributed by atoms with Crippen molar-refractivity contribution < 1.29 is 18.7 Å². The van der Waals surface area contributed by atoms with Gasteiger partial charge < -0.3 is 9.47 Å². The Kier molecular flexibility index (Phi) is 6.30. The van der Waals surface area contributed by atoms with Gasteiger partial charge in [0.25, 0.3) is 0 Å². The van der Waals surface area contributed by atoms with Crippen molar-refractivity contribution in [3.05, 3.63) is 71.0 Å². The standard InChI is InChI=1S/C20H18FNO3/c1-14(2)25-20(23)17(12-22)11-15-7-9-18(10-8-15)24-13-16-5-3-4-6-19(16)21/h3-11,14H,13H2,1-2H3/b17-11+. The van der Waals surface area contributed by atoms with Crippen molar-refractivity contribution in [3.63, 3.8) is 0 Å². The Morgan fingerprint density at radius 2 is 1.88 bits per heavy atom. The molecule has 0 fully saturated rings. The number of nitrogens with zero attached hydrogens (tertiary/aromatic N) is 1. The van der Waals surface area contributed by atoms with Crippen LogP contribution in [0.1, 0.15) is 25.0 Å². The number of carbonyl (C=O) groups excluding carboxylic acids is 1. The van der Waals surface area contributed by atoms with E-state index in [0.717, 1.165) is 0 Å². The lowest BCUT2D eigenvalue weighted by Crippen LogP contribution is -2.12. The second-order valence-corrected chi connectivity index (χ2v) is 5.57. The van der Waals surface area contributed by atoms with Crippen molar-refractivity contribution in [1.29, 1.82) is 5.26 Å². The molecular formula is C20H18FNO3. The third kappa shape index (κ3) is 5.47. The van der Waals surface area contributed by atoms with Crippen molar-refractivity contribution >= 4 is 12.0 Å². The van der Waals surface area contributed by atoms with E-state index in [1.807, 2.05) is 6.07 Å². The Morgan fingerprint density at radius 1 is 1.20 bits per heavy atom. The molecule has 0 bridgehead atoms. The van der Waals surface area contributed by atoms with Crippen LogP contribution in [-0.2, 0) is 16.1 Å². The zero-order valence-corrected chi connectivity index (χ0v) is 14.0. The van der Waals surface area contributed by atoms with Crippen LogP contribution >= 0.6 is 0 Å². The molecule has 5 heteroatoms. The van der Waals surface area contributed by atoms with Crippen LogP contribution < -0.4 is 4.74 Å². The largest absolute Gasteiger partial charge is 0.489 e. The maximum atomic E-state index is 13.5. The number of hydrogen-bond donors (Lipinski definition) is 0. The van der Waals surface area contributed by atoms with Crippen LogP contribution in [0, 0.1) is 17.1 Å². The first kappa shape index (κ1) is 18.2. The average Bonchev–Trinajstić information content (AvgIpc) is 2.59. The fourth-order valence-corrected chi connectivity index (χ4v) is 2.02. The van der Waals surface area contributed by atoms with Gasteiger partial charge in [-0.25, -0.2) is 9.18 Å². The van der Waals surface area contributed by atoms with Crippen molar-refractivity contribution in [2.45, 2.75) is 26.6 Å². The zero-order chi connectivity index (χ0) is 18.2. The van der Waals surface area contributed by atoms with Crippen LogP contribution in [0.5, 0.6) is 5.75 Å². The van der Waals surface area contributed by atoms with Gasteiger partial charge in [0.1, 0.15) is 29.8 Å². The SMILES string of the molecule is CC(C)OC(=O)/C(C#N)=C/c1ccc(OCc2ccccc2F)cc1. The van der Waals surface area contributed by atoms with Crippen LogP contribution in [0.15, 0.2) is 54.1 Å². The normalized spacial score (nSPS) is 11.1. The molecule has 25 heavy (non-hydrogen) atoms. The van der Waals surface area contributed by atoms with Gasteiger partial charge in [0.15, 0.2) is 0 Å². The summed E-state index contributed by atoms with van der Waals surface area (Å²) in [5, 5.41) is 9.08. The van der Waals surface area contributed by atoms with E-state index in [0.29, 0.717) is 16.9 Å². The Balaban J connectivity index is 2.04. The Hall–Kier alpha value is -3.13. The van der Waals surface area contributed by atoms with Crippen molar-refractivity contribution in [2.24, 2.45) is 0 Å². The van der Waals surface area contributed by atoms with Gasteiger partial charge in [-0.05, 0) is 43.7 Å². The van der Waals surface area contributed by atoms with E-state index < -0.39 is 5.97 Å². The summed E-state index contributed by atoms with van der Waals surface area (Å²) in [5.74, 6) is -0.412. The third-order valence-electron chi connectivity index (χ3n) is 3.23. The summed E-state index contributed by atoms with van der Waals surface area (Å²) in [6.45, 7) is 3.55. The minimum absolute atomic E-state index is 0.0753. The number of carbonyl (C=O) groups is 1. The second kappa shape index (κ2) is 8.65. The molecule has 0 radical (unpaired) electrons. The molecule has 128 valence electrons. The highest BCUT2D eigenvalue weighted by Crippen LogP contribution is 2.17. The highest BCUT2D eigenvalue weighted by Gasteiger charge is 2.12. The zero-order valence-electron chi connectivity index (χ0n) is 14.0. The summed E-state index contributed by atoms with van der Waals surface area (Å²) in [6, 6.07) is 15.0. The molecule has 4 nitrogen and oxygen atoms in total. The first-order chi connectivity index (χ1) is 12.0. The quantitative estimate of drug-likeness (QED) is 0.448.